The van der Waals surface area contributed by atoms with Crippen LogP contribution in [0.25, 0.3) is 22.6 Å². The molecule has 2 aromatic heterocycles. The number of hydrogen-bond donors (Lipinski definition) is 2. The third-order valence-electron chi connectivity index (χ3n) is 2.15. The van der Waals surface area contributed by atoms with Gasteiger partial charge >= 0.3 is 0 Å². The molecule has 0 saturated heterocycles. The van der Waals surface area contributed by atoms with Gasteiger partial charge in [0.25, 0.3) is 0 Å². The van der Waals surface area contributed by atoms with Crippen LogP contribution in [0.15, 0.2) is 24.3 Å². The number of para-hydroxylation sites is 2. The summed E-state index contributed by atoms with van der Waals surface area (Å²) < 4.78 is 0. The summed E-state index contributed by atoms with van der Waals surface area (Å²) in [5, 5.41) is 13.5. The number of rotatable bonds is 1. The van der Waals surface area contributed by atoms with E-state index in [1.807, 2.05) is 24.3 Å². The largest absolute Gasteiger partial charge is 0.382 e. The zero-order valence-electron chi connectivity index (χ0n) is 8.12. The van der Waals surface area contributed by atoms with E-state index in [2.05, 4.69) is 30.6 Å². The summed E-state index contributed by atoms with van der Waals surface area (Å²) in [7, 11) is 0. The van der Waals surface area contributed by atoms with Gasteiger partial charge in [0.2, 0.25) is 5.82 Å². The van der Waals surface area contributed by atoms with E-state index in [9.17, 15) is 0 Å². The molecule has 0 aliphatic heterocycles. The summed E-state index contributed by atoms with van der Waals surface area (Å²) in [6.45, 7) is 0. The first kappa shape index (κ1) is 8.72. The molecule has 0 aliphatic rings. The van der Waals surface area contributed by atoms with Gasteiger partial charge in [-0.2, -0.15) is 5.21 Å². The second-order valence-electron chi connectivity index (χ2n) is 3.18. The Kier molecular flexibility index (Phi) is 1.76. The fourth-order valence-corrected chi connectivity index (χ4v) is 1.44. The molecular weight excluding hydrogens is 206 g/mol. The number of nitrogens with one attached hydrogen (secondary N) is 1. The number of aromatic nitrogens is 6. The normalized spacial score (nSPS) is 10.8. The van der Waals surface area contributed by atoms with Gasteiger partial charge in [-0.15, -0.1) is 10.2 Å². The third kappa shape index (κ3) is 1.26. The Labute approximate surface area is 89.7 Å². The quantitative estimate of drug-likeness (QED) is 0.605. The summed E-state index contributed by atoms with van der Waals surface area (Å²) in [6.07, 6.45) is 0. The number of nitrogens with two attached hydrogens (primary N) is 1. The van der Waals surface area contributed by atoms with Crippen molar-refractivity contribution in [2.45, 2.75) is 0 Å². The standard InChI is InChI=1S/C9H7N7/c10-8-7(9-13-15-16-14-9)11-5-3-1-2-4-6(5)12-8/h1-4H,(H2,10,12)(H,13,14,15,16). The Bertz CT molecular complexity index is 631. The van der Waals surface area contributed by atoms with Crippen molar-refractivity contribution in [2.75, 3.05) is 5.73 Å². The molecule has 0 aliphatic carbocycles. The van der Waals surface area contributed by atoms with E-state index in [0.717, 1.165) is 11.0 Å². The molecule has 0 spiro atoms. The summed E-state index contributed by atoms with van der Waals surface area (Å²) in [5.41, 5.74) is 7.71. The summed E-state index contributed by atoms with van der Waals surface area (Å²) in [4.78, 5) is 8.57. The highest BCUT2D eigenvalue weighted by Gasteiger charge is 2.11. The van der Waals surface area contributed by atoms with Gasteiger partial charge < -0.3 is 5.73 Å². The van der Waals surface area contributed by atoms with Gasteiger partial charge in [-0.05, 0) is 17.3 Å². The Morgan fingerprint density at radius 1 is 1.06 bits per heavy atom. The number of nitrogens with zero attached hydrogens (tertiary/aromatic N) is 5. The molecule has 1 aromatic carbocycles. The van der Waals surface area contributed by atoms with Crippen LogP contribution in [-0.2, 0) is 0 Å². The van der Waals surface area contributed by atoms with Crippen LogP contribution in [0.2, 0.25) is 0 Å². The second-order valence-corrected chi connectivity index (χ2v) is 3.18. The molecule has 0 radical (unpaired) electrons. The zero-order valence-corrected chi connectivity index (χ0v) is 8.12. The predicted octanol–water partition coefficient (Wildman–Crippen LogP) is 0.392. The molecule has 16 heavy (non-hydrogen) atoms. The Hall–Kier alpha value is -2.57. The fraction of sp³-hybridized carbons (Fsp3) is 0. The van der Waals surface area contributed by atoms with Gasteiger partial charge in [-0.1, -0.05) is 12.1 Å². The number of H-pyrrole nitrogens is 1. The van der Waals surface area contributed by atoms with Gasteiger partial charge in [-0.25, -0.2) is 9.97 Å². The maximum Gasteiger partial charge on any atom is 0.226 e. The van der Waals surface area contributed by atoms with Crippen molar-refractivity contribution in [1.82, 2.24) is 30.6 Å². The van der Waals surface area contributed by atoms with Crippen LogP contribution in [0.3, 0.4) is 0 Å². The van der Waals surface area contributed by atoms with Crippen LogP contribution in [0, 0.1) is 0 Å². The third-order valence-corrected chi connectivity index (χ3v) is 2.15. The minimum Gasteiger partial charge on any atom is -0.382 e. The van der Waals surface area contributed by atoms with Crippen LogP contribution in [0.4, 0.5) is 5.82 Å². The fourth-order valence-electron chi connectivity index (χ4n) is 1.44. The SMILES string of the molecule is Nc1nc2ccccc2nc1-c1nn[nH]n1. The van der Waals surface area contributed by atoms with Crippen molar-refractivity contribution in [1.29, 1.82) is 0 Å². The van der Waals surface area contributed by atoms with E-state index in [0.29, 0.717) is 17.3 Å². The maximum atomic E-state index is 5.78. The molecule has 3 rings (SSSR count). The molecule has 0 saturated carbocycles. The van der Waals surface area contributed by atoms with E-state index in [-0.39, 0.29) is 0 Å². The summed E-state index contributed by atoms with van der Waals surface area (Å²) in [5.74, 6) is 0.635. The van der Waals surface area contributed by atoms with Crippen molar-refractivity contribution in [2.24, 2.45) is 0 Å². The highest BCUT2D eigenvalue weighted by molar-refractivity contribution is 5.80. The van der Waals surface area contributed by atoms with Crippen LogP contribution in [-0.4, -0.2) is 30.6 Å². The average Bonchev–Trinajstić information content (AvgIpc) is 2.81. The van der Waals surface area contributed by atoms with E-state index < -0.39 is 0 Å². The van der Waals surface area contributed by atoms with Crippen LogP contribution >= 0.6 is 0 Å². The van der Waals surface area contributed by atoms with Gasteiger partial charge in [0, 0.05) is 0 Å². The molecule has 0 fully saturated rings. The Morgan fingerprint density at radius 3 is 2.50 bits per heavy atom. The molecule has 0 unspecified atom stereocenters. The maximum absolute atomic E-state index is 5.78. The van der Waals surface area contributed by atoms with E-state index in [1.165, 1.54) is 0 Å². The van der Waals surface area contributed by atoms with Gasteiger partial charge in [0.05, 0.1) is 11.0 Å². The summed E-state index contributed by atoms with van der Waals surface area (Å²) in [6, 6.07) is 7.46. The lowest BCUT2D eigenvalue weighted by Gasteiger charge is -2.01. The van der Waals surface area contributed by atoms with Crippen molar-refractivity contribution in [3.05, 3.63) is 24.3 Å². The molecule has 0 amide bonds. The lowest BCUT2D eigenvalue weighted by atomic mass is 10.3. The number of tetrazole rings is 1. The van der Waals surface area contributed by atoms with Gasteiger partial charge in [0.15, 0.2) is 11.5 Å². The summed E-state index contributed by atoms with van der Waals surface area (Å²) >= 11 is 0. The van der Waals surface area contributed by atoms with Crippen molar-refractivity contribution in [3.63, 3.8) is 0 Å². The van der Waals surface area contributed by atoms with E-state index >= 15 is 0 Å². The van der Waals surface area contributed by atoms with Crippen molar-refractivity contribution >= 4 is 16.9 Å². The molecule has 78 valence electrons. The van der Waals surface area contributed by atoms with Crippen LogP contribution in [0.5, 0.6) is 0 Å². The first-order valence-corrected chi connectivity index (χ1v) is 4.60. The van der Waals surface area contributed by atoms with Crippen LogP contribution in [0.1, 0.15) is 0 Å². The second kappa shape index (κ2) is 3.23. The highest BCUT2D eigenvalue weighted by atomic mass is 15.5. The first-order valence-electron chi connectivity index (χ1n) is 4.60. The number of aromatic amines is 1. The lowest BCUT2D eigenvalue weighted by molar-refractivity contribution is 0.881. The van der Waals surface area contributed by atoms with Gasteiger partial charge in [0.1, 0.15) is 0 Å². The van der Waals surface area contributed by atoms with E-state index in [1.54, 1.807) is 0 Å². The topological polar surface area (TPSA) is 106 Å². The molecule has 7 heteroatoms. The minimum atomic E-state index is 0.292. The average molecular weight is 213 g/mol. The number of fused-ring (bicyclic) bond motifs is 1. The lowest BCUT2D eigenvalue weighted by Crippen LogP contribution is -1.99. The van der Waals surface area contributed by atoms with Crippen molar-refractivity contribution in [3.8, 4) is 11.5 Å². The number of benzene rings is 1. The zero-order chi connectivity index (χ0) is 11.0. The molecule has 2 heterocycles. The minimum absolute atomic E-state index is 0.292. The van der Waals surface area contributed by atoms with Crippen LogP contribution < -0.4 is 5.73 Å². The molecule has 7 nitrogen and oxygen atoms in total. The molecule has 3 N–H and O–H groups in total. The van der Waals surface area contributed by atoms with Crippen molar-refractivity contribution < 1.29 is 0 Å². The first-order chi connectivity index (χ1) is 7.84. The monoisotopic (exact) mass is 213 g/mol. The Morgan fingerprint density at radius 2 is 1.81 bits per heavy atom. The smallest absolute Gasteiger partial charge is 0.226 e. The van der Waals surface area contributed by atoms with Gasteiger partial charge in [-0.3, -0.25) is 0 Å². The highest BCUT2D eigenvalue weighted by Crippen LogP contribution is 2.20. The number of hydrogen-bond acceptors (Lipinski definition) is 6. The Balaban J connectivity index is 2.30. The number of anilines is 1. The molecule has 0 atom stereocenters. The van der Waals surface area contributed by atoms with E-state index in [4.69, 9.17) is 5.73 Å². The number of nitrogen functional groups attached to an aromatic ring is 1. The molecule has 0 bridgehead atoms. The predicted molar refractivity (Wildman–Crippen MR) is 57.1 cm³/mol. The molecular formula is C9H7N7. The molecule has 3 aromatic rings.